The fourth-order valence-corrected chi connectivity index (χ4v) is 2.66. The molecule has 0 aromatic carbocycles. The smallest absolute Gasteiger partial charge is 0.357 e. The van der Waals surface area contributed by atoms with Crippen molar-refractivity contribution >= 4 is 44.5 Å². The molecule has 0 aliphatic rings. The van der Waals surface area contributed by atoms with Gasteiger partial charge in [0.2, 0.25) is 0 Å². The van der Waals surface area contributed by atoms with Crippen LogP contribution in [0.4, 0.5) is 8.78 Å². The Bertz CT molecular complexity index is 415. The van der Waals surface area contributed by atoms with Crippen LogP contribution in [0.5, 0.6) is 0 Å². The van der Waals surface area contributed by atoms with E-state index in [-0.39, 0.29) is 5.69 Å². The third-order valence-electron chi connectivity index (χ3n) is 1.82. The molecule has 1 aromatic rings. The molecule has 0 aliphatic heterocycles. The zero-order valence-electron chi connectivity index (χ0n) is 8.14. The number of nitrogens with zero attached hydrogens (tertiary/aromatic N) is 1. The van der Waals surface area contributed by atoms with E-state index in [1.165, 1.54) is 6.07 Å². The topological polar surface area (TPSA) is 39.2 Å². The van der Waals surface area contributed by atoms with Crippen molar-refractivity contribution in [3.05, 3.63) is 26.6 Å². The lowest BCUT2D eigenvalue weighted by Crippen LogP contribution is -2.11. The number of alkyl halides is 3. The lowest BCUT2D eigenvalue weighted by molar-refractivity contribution is 0.0581. The van der Waals surface area contributed by atoms with Crippen LogP contribution in [0.3, 0.4) is 0 Å². The zero-order chi connectivity index (χ0) is 12.3. The molecule has 0 N–H and O–H groups in total. The molecular weight excluding hydrogens is 399 g/mol. The van der Waals surface area contributed by atoms with Crippen LogP contribution < -0.4 is 0 Å². The number of carbonyl (C=O) groups excluding carboxylic acids is 1. The van der Waals surface area contributed by atoms with Crippen molar-refractivity contribution in [1.82, 2.24) is 4.98 Å². The number of halogens is 4. The van der Waals surface area contributed by atoms with Gasteiger partial charge in [0.25, 0.3) is 6.43 Å². The Balaban J connectivity index is 3.36. The first-order valence-corrected chi connectivity index (χ1v) is 6.33. The molecule has 1 aromatic heterocycles. The summed E-state index contributed by atoms with van der Waals surface area (Å²) in [5.74, 6) is -0.853. The lowest BCUT2D eigenvalue weighted by Gasteiger charge is -2.09. The third kappa shape index (κ3) is 2.88. The molecule has 3 nitrogen and oxygen atoms in total. The van der Waals surface area contributed by atoms with Crippen LogP contribution in [0, 0.1) is 3.57 Å². The summed E-state index contributed by atoms with van der Waals surface area (Å²) in [7, 11) is 1.13. The summed E-state index contributed by atoms with van der Waals surface area (Å²) in [6.07, 6.45) is -2.75. The van der Waals surface area contributed by atoms with Crippen molar-refractivity contribution in [3.63, 3.8) is 0 Å². The minimum atomic E-state index is -2.75. The van der Waals surface area contributed by atoms with Gasteiger partial charge in [-0.25, -0.2) is 18.6 Å². The van der Waals surface area contributed by atoms with Gasteiger partial charge in [-0.15, -0.1) is 0 Å². The summed E-state index contributed by atoms with van der Waals surface area (Å²) < 4.78 is 30.3. The molecule has 0 aliphatic carbocycles. The Hall–Kier alpha value is -0.310. The first-order chi connectivity index (χ1) is 7.51. The molecule has 0 fully saturated rings. The van der Waals surface area contributed by atoms with Gasteiger partial charge in [0.05, 0.1) is 18.4 Å². The highest BCUT2D eigenvalue weighted by molar-refractivity contribution is 14.1. The number of pyridine rings is 1. The van der Waals surface area contributed by atoms with E-state index in [4.69, 9.17) is 0 Å². The van der Waals surface area contributed by atoms with Crippen LogP contribution in [-0.2, 0) is 10.1 Å². The second kappa shape index (κ2) is 5.85. The average Bonchev–Trinajstić information content (AvgIpc) is 2.27. The predicted molar refractivity (Wildman–Crippen MR) is 65.9 cm³/mol. The van der Waals surface area contributed by atoms with Gasteiger partial charge < -0.3 is 4.74 Å². The van der Waals surface area contributed by atoms with Gasteiger partial charge in [-0.1, -0.05) is 15.9 Å². The van der Waals surface area contributed by atoms with Gasteiger partial charge in [-0.3, -0.25) is 0 Å². The zero-order valence-corrected chi connectivity index (χ0v) is 11.9. The van der Waals surface area contributed by atoms with Crippen molar-refractivity contribution < 1.29 is 18.3 Å². The fourth-order valence-electron chi connectivity index (χ4n) is 1.06. The quantitative estimate of drug-likeness (QED) is 0.440. The molecular formula is C9H7BrF2INO2. The SMILES string of the molecule is COC(=O)c1nc(CBr)c(I)cc1C(F)F. The molecule has 1 rings (SSSR count). The minimum absolute atomic E-state index is 0.327. The molecule has 88 valence electrons. The van der Waals surface area contributed by atoms with Gasteiger partial charge in [0.1, 0.15) is 0 Å². The van der Waals surface area contributed by atoms with E-state index >= 15 is 0 Å². The highest BCUT2D eigenvalue weighted by Gasteiger charge is 2.22. The molecule has 0 atom stereocenters. The molecule has 1 heterocycles. The molecule has 0 amide bonds. The van der Waals surface area contributed by atoms with E-state index in [0.29, 0.717) is 14.6 Å². The Morgan fingerprint density at radius 1 is 1.69 bits per heavy atom. The van der Waals surface area contributed by atoms with E-state index in [0.717, 1.165) is 7.11 Å². The second-order valence-electron chi connectivity index (χ2n) is 2.78. The average molecular weight is 406 g/mol. The predicted octanol–water partition coefficient (Wildman–Crippen LogP) is 3.31. The standard InChI is InChI=1S/C9H7BrF2INO2/c1-16-9(15)7-4(8(11)12)2-5(13)6(3-10)14-7/h2,8H,3H2,1H3. The number of methoxy groups -OCH3 is 1. The Labute approximate surface area is 113 Å². The first kappa shape index (κ1) is 13.8. The number of hydrogen-bond acceptors (Lipinski definition) is 3. The van der Waals surface area contributed by atoms with Gasteiger partial charge >= 0.3 is 5.97 Å². The third-order valence-corrected chi connectivity index (χ3v) is 3.28. The Morgan fingerprint density at radius 3 is 2.75 bits per heavy atom. The molecule has 0 bridgehead atoms. The first-order valence-electron chi connectivity index (χ1n) is 4.13. The maximum absolute atomic E-state index is 12.7. The number of rotatable bonds is 3. The number of carbonyl (C=O) groups is 1. The minimum Gasteiger partial charge on any atom is -0.464 e. The molecule has 0 radical (unpaired) electrons. The summed E-state index contributed by atoms with van der Waals surface area (Å²) in [6, 6.07) is 1.25. The van der Waals surface area contributed by atoms with Crippen LogP contribution in [0.1, 0.15) is 28.2 Å². The van der Waals surface area contributed by atoms with Gasteiger partial charge in [-0.05, 0) is 28.7 Å². The fraction of sp³-hybridized carbons (Fsp3) is 0.333. The molecule has 0 unspecified atom stereocenters. The van der Waals surface area contributed by atoms with Crippen molar-refractivity contribution in [1.29, 1.82) is 0 Å². The lowest BCUT2D eigenvalue weighted by atomic mass is 10.2. The summed E-state index contributed by atoms with van der Waals surface area (Å²) in [5, 5.41) is 0.388. The van der Waals surface area contributed by atoms with Gasteiger partial charge in [0, 0.05) is 8.90 Å². The summed E-state index contributed by atoms with van der Waals surface area (Å²) in [5.41, 5.74) is -0.196. The second-order valence-corrected chi connectivity index (χ2v) is 4.50. The Morgan fingerprint density at radius 2 is 2.31 bits per heavy atom. The van der Waals surface area contributed by atoms with Crippen LogP contribution in [0.25, 0.3) is 0 Å². The number of ether oxygens (including phenoxy) is 1. The Kier molecular flexibility index (Phi) is 5.03. The van der Waals surface area contributed by atoms with Gasteiger partial charge in [0.15, 0.2) is 5.69 Å². The van der Waals surface area contributed by atoms with E-state index in [1.54, 1.807) is 0 Å². The maximum atomic E-state index is 12.7. The molecule has 0 saturated heterocycles. The van der Waals surface area contributed by atoms with Crippen LogP contribution in [-0.4, -0.2) is 18.1 Å². The van der Waals surface area contributed by atoms with Crippen molar-refractivity contribution in [3.8, 4) is 0 Å². The van der Waals surface area contributed by atoms with E-state index in [2.05, 4.69) is 25.7 Å². The molecule has 0 spiro atoms. The number of esters is 1. The van der Waals surface area contributed by atoms with E-state index in [9.17, 15) is 13.6 Å². The normalized spacial score (nSPS) is 10.6. The summed E-state index contributed by atoms with van der Waals surface area (Å²) in [4.78, 5) is 15.2. The molecule has 16 heavy (non-hydrogen) atoms. The largest absolute Gasteiger partial charge is 0.464 e. The van der Waals surface area contributed by atoms with E-state index < -0.39 is 18.0 Å². The molecule has 0 saturated carbocycles. The van der Waals surface area contributed by atoms with Gasteiger partial charge in [-0.2, -0.15) is 0 Å². The number of hydrogen-bond donors (Lipinski definition) is 0. The van der Waals surface area contributed by atoms with Crippen LogP contribution >= 0.6 is 38.5 Å². The van der Waals surface area contributed by atoms with Crippen molar-refractivity contribution in [2.24, 2.45) is 0 Å². The van der Waals surface area contributed by atoms with Crippen LogP contribution in [0.15, 0.2) is 6.07 Å². The monoisotopic (exact) mass is 405 g/mol. The highest BCUT2D eigenvalue weighted by Crippen LogP contribution is 2.26. The van der Waals surface area contributed by atoms with Crippen molar-refractivity contribution in [2.45, 2.75) is 11.8 Å². The maximum Gasteiger partial charge on any atom is 0.357 e. The van der Waals surface area contributed by atoms with E-state index in [1.807, 2.05) is 22.6 Å². The number of aromatic nitrogens is 1. The summed E-state index contributed by atoms with van der Waals surface area (Å²) >= 11 is 5.06. The van der Waals surface area contributed by atoms with Crippen molar-refractivity contribution in [2.75, 3.05) is 7.11 Å². The van der Waals surface area contributed by atoms with Crippen LogP contribution in [0.2, 0.25) is 0 Å². The highest BCUT2D eigenvalue weighted by atomic mass is 127. The molecule has 7 heteroatoms. The summed E-state index contributed by atoms with van der Waals surface area (Å²) in [6.45, 7) is 0.